The number of hydrogen-bond acceptors (Lipinski definition) is 3. The molecule has 0 radical (unpaired) electrons. The minimum Gasteiger partial charge on any atom is -0.373 e. The lowest BCUT2D eigenvalue weighted by Crippen LogP contribution is -2.40. The van der Waals surface area contributed by atoms with Crippen LogP contribution >= 0.6 is 0 Å². The quantitative estimate of drug-likeness (QED) is 0.867. The molecule has 5 nitrogen and oxygen atoms in total. The SMILES string of the molecule is N#Cc1ccc(CNC(=O)NC[C@@H]2CCCO[C@@H]2c2ccccc2)cc1. The van der Waals surface area contributed by atoms with Gasteiger partial charge in [0, 0.05) is 25.6 Å². The van der Waals surface area contributed by atoms with E-state index in [0.29, 0.717) is 18.7 Å². The van der Waals surface area contributed by atoms with Gasteiger partial charge in [-0.25, -0.2) is 4.79 Å². The van der Waals surface area contributed by atoms with Gasteiger partial charge in [-0.05, 0) is 36.1 Å². The number of nitrogens with one attached hydrogen (secondary N) is 2. The van der Waals surface area contributed by atoms with E-state index in [1.807, 2.05) is 30.3 Å². The van der Waals surface area contributed by atoms with Gasteiger partial charge in [0.25, 0.3) is 0 Å². The Hall–Kier alpha value is -2.84. The minimum absolute atomic E-state index is 0.0313. The molecule has 0 spiro atoms. The van der Waals surface area contributed by atoms with E-state index in [-0.39, 0.29) is 18.1 Å². The molecule has 26 heavy (non-hydrogen) atoms. The van der Waals surface area contributed by atoms with E-state index < -0.39 is 0 Å². The molecule has 1 aliphatic rings. The van der Waals surface area contributed by atoms with Gasteiger partial charge < -0.3 is 15.4 Å². The van der Waals surface area contributed by atoms with E-state index in [4.69, 9.17) is 10.00 Å². The number of amides is 2. The summed E-state index contributed by atoms with van der Waals surface area (Å²) in [5.74, 6) is 0.270. The third kappa shape index (κ3) is 4.84. The molecule has 5 heteroatoms. The third-order valence-corrected chi connectivity index (χ3v) is 4.63. The molecule has 2 aromatic rings. The third-order valence-electron chi connectivity index (χ3n) is 4.63. The molecule has 2 atom stereocenters. The van der Waals surface area contributed by atoms with Crippen molar-refractivity contribution in [2.75, 3.05) is 13.2 Å². The highest BCUT2D eigenvalue weighted by atomic mass is 16.5. The molecule has 3 rings (SSSR count). The summed E-state index contributed by atoms with van der Waals surface area (Å²) < 4.78 is 5.96. The van der Waals surface area contributed by atoms with Crippen LogP contribution in [-0.2, 0) is 11.3 Å². The van der Waals surface area contributed by atoms with Crippen molar-refractivity contribution in [2.45, 2.75) is 25.5 Å². The lowest BCUT2D eigenvalue weighted by molar-refractivity contribution is -0.0269. The van der Waals surface area contributed by atoms with Crippen LogP contribution in [0.1, 0.15) is 35.6 Å². The largest absolute Gasteiger partial charge is 0.373 e. The zero-order chi connectivity index (χ0) is 18.2. The smallest absolute Gasteiger partial charge is 0.315 e. The van der Waals surface area contributed by atoms with Gasteiger partial charge in [-0.1, -0.05) is 42.5 Å². The fourth-order valence-electron chi connectivity index (χ4n) is 3.23. The predicted molar refractivity (Wildman–Crippen MR) is 99.3 cm³/mol. The van der Waals surface area contributed by atoms with Crippen LogP contribution in [0.15, 0.2) is 54.6 Å². The molecule has 2 amide bonds. The van der Waals surface area contributed by atoms with Crippen LogP contribution in [0, 0.1) is 17.2 Å². The molecule has 0 saturated carbocycles. The van der Waals surface area contributed by atoms with E-state index in [1.165, 1.54) is 0 Å². The number of hydrogen-bond donors (Lipinski definition) is 2. The number of ether oxygens (including phenoxy) is 1. The van der Waals surface area contributed by atoms with Crippen molar-refractivity contribution in [1.82, 2.24) is 10.6 Å². The highest BCUT2D eigenvalue weighted by Crippen LogP contribution is 2.32. The summed E-state index contributed by atoms with van der Waals surface area (Å²) in [4.78, 5) is 12.1. The lowest BCUT2D eigenvalue weighted by Gasteiger charge is -2.32. The van der Waals surface area contributed by atoms with E-state index in [1.54, 1.807) is 12.1 Å². The van der Waals surface area contributed by atoms with Gasteiger partial charge in [-0.2, -0.15) is 5.26 Å². The molecular weight excluding hydrogens is 326 g/mol. The van der Waals surface area contributed by atoms with Gasteiger partial charge in [-0.3, -0.25) is 0 Å². The first-order valence-corrected chi connectivity index (χ1v) is 8.93. The molecule has 0 aromatic heterocycles. The van der Waals surface area contributed by atoms with E-state index in [9.17, 15) is 4.79 Å². The average molecular weight is 349 g/mol. The number of carbonyl (C=O) groups is 1. The highest BCUT2D eigenvalue weighted by molar-refractivity contribution is 5.73. The molecule has 1 aliphatic heterocycles. The number of carbonyl (C=O) groups excluding carboxylic acids is 1. The topological polar surface area (TPSA) is 74.2 Å². The lowest BCUT2D eigenvalue weighted by atomic mass is 9.89. The maximum absolute atomic E-state index is 12.1. The van der Waals surface area contributed by atoms with Crippen LogP contribution < -0.4 is 10.6 Å². The normalized spacial score (nSPS) is 19.3. The summed E-state index contributed by atoms with van der Waals surface area (Å²) in [5.41, 5.74) is 2.74. The highest BCUT2D eigenvalue weighted by Gasteiger charge is 2.27. The van der Waals surface area contributed by atoms with Crippen molar-refractivity contribution in [1.29, 1.82) is 5.26 Å². The number of nitriles is 1. The van der Waals surface area contributed by atoms with Gasteiger partial charge >= 0.3 is 6.03 Å². The van der Waals surface area contributed by atoms with Crippen molar-refractivity contribution in [2.24, 2.45) is 5.92 Å². The zero-order valence-corrected chi connectivity index (χ0v) is 14.7. The first-order valence-electron chi connectivity index (χ1n) is 8.93. The molecule has 134 valence electrons. The monoisotopic (exact) mass is 349 g/mol. The van der Waals surface area contributed by atoms with Gasteiger partial charge in [-0.15, -0.1) is 0 Å². The van der Waals surface area contributed by atoms with Crippen LogP contribution in [0.4, 0.5) is 4.79 Å². The fourth-order valence-corrected chi connectivity index (χ4v) is 3.23. The molecule has 1 heterocycles. The predicted octanol–water partition coefficient (Wildman–Crippen LogP) is 3.53. The molecular formula is C21H23N3O2. The standard InChI is InChI=1S/C21H23N3O2/c22-13-16-8-10-17(11-9-16)14-23-21(25)24-15-19-7-4-12-26-20(19)18-5-2-1-3-6-18/h1-3,5-6,8-11,19-20H,4,7,12,14-15H2,(H2,23,24,25)/t19-,20+/m0/s1. The average Bonchev–Trinajstić information content (AvgIpc) is 2.72. The van der Waals surface area contributed by atoms with Crippen LogP contribution in [0.5, 0.6) is 0 Å². The molecule has 0 unspecified atom stereocenters. The van der Waals surface area contributed by atoms with E-state index in [0.717, 1.165) is 30.6 Å². The van der Waals surface area contributed by atoms with Crippen molar-refractivity contribution in [3.8, 4) is 6.07 Å². The minimum atomic E-state index is -0.188. The van der Waals surface area contributed by atoms with Crippen molar-refractivity contribution < 1.29 is 9.53 Å². The second kappa shape index (κ2) is 9.02. The van der Waals surface area contributed by atoms with Crippen LogP contribution in [0.2, 0.25) is 0 Å². The summed E-state index contributed by atoms with van der Waals surface area (Å²) in [5, 5.41) is 14.6. The summed E-state index contributed by atoms with van der Waals surface area (Å²) in [7, 11) is 0. The number of urea groups is 1. The molecule has 0 bridgehead atoms. The number of nitrogens with zero attached hydrogens (tertiary/aromatic N) is 1. The Balaban J connectivity index is 1.48. The fraction of sp³-hybridized carbons (Fsp3) is 0.333. The Bertz CT molecular complexity index is 753. The molecule has 1 fully saturated rings. The zero-order valence-electron chi connectivity index (χ0n) is 14.7. The number of benzene rings is 2. The van der Waals surface area contributed by atoms with Gasteiger partial charge in [0.15, 0.2) is 0 Å². The first kappa shape index (κ1) is 18.0. The summed E-state index contributed by atoms with van der Waals surface area (Å²) in [6, 6.07) is 19.3. The van der Waals surface area contributed by atoms with Crippen LogP contribution in [0.25, 0.3) is 0 Å². The Morgan fingerprint density at radius 2 is 1.88 bits per heavy atom. The molecule has 1 saturated heterocycles. The Morgan fingerprint density at radius 1 is 1.12 bits per heavy atom. The summed E-state index contributed by atoms with van der Waals surface area (Å²) in [6.45, 7) is 1.78. The second-order valence-electron chi connectivity index (χ2n) is 6.48. The van der Waals surface area contributed by atoms with Crippen molar-refractivity contribution in [3.05, 3.63) is 71.3 Å². The van der Waals surface area contributed by atoms with E-state index in [2.05, 4.69) is 28.8 Å². The number of rotatable bonds is 5. The molecule has 0 aliphatic carbocycles. The Morgan fingerprint density at radius 3 is 2.62 bits per heavy atom. The summed E-state index contributed by atoms with van der Waals surface area (Å²) >= 11 is 0. The maximum atomic E-state index is 12.1. The van der Waals surface area contributed by atoms with Gasteiger partial charge in [0.1, 0.15) is 0 Å². The van der Waals surface area contributed by atoms with Crippen molar-refractivity contribution in [3.63, 3.8) is 0 Å². The van der Waals surface area contributed by atoms with E-state index >= 15 is 0 Å². The Labute approximate surface area is 154 Å². The van der Waals surface area contributed by atoms with Gasteiger partial charge in [0.05, 0.1) is 17.7 Å². The Kier molecular flexibility index (Phi) is 6.24. The first-order chi connectivity index (χ1) is 12.8. The van der Waals surface area contributed by atoms with Crippen LogP contribution in [-0.4, -0.2) is 19.2 Å². The van der Waals surface area contributed by atoms with Crippen LogP contribution in [0.3, 0.4) is 0 Å². The molecule has 2 aromatic carbocycles. The summed E-state index contributed by atoms with van der Waals surface area (Å²) in [6.07, 6.45) is 2.08. The van der Waals surface area contributed by atoms with Crippen molar-refractivity contribution >= 4 is 6.03 Å². The molecule has 2 N–H and O–H groups in total. The van der Waals surface area contributed by atoms with Gasteiger partial charge in [0.2, 0.25) is 0 Å². The maximum Gasteiger partial charge on any atom is 0.315 e. The second-order valence-corrected chi connectivity index (χ2v) is 6.48.